The van der Waals surface area contributed by atoms with E-state index >= 15 is 0 Å². The van der Waals surface area contributed by atoms with E-state index in [1.165, 1.54) is 48.0 Å². The molecule has 3 N–H and O–H groups in total. The van der Waals surface area contributed by atoms with Gasteiger partial charge in [0.15, 0.2) is 0 Å². The topological polar surface area (TPSA) is 129 Å². The first-order chi connectivity index (χ1) is 13.3. The highest BCUT2D eigenvalue weighted by Crippen LogP contribution is 2.29. The van der Waals surface area contributed by atoms with Crippen LogP contribution in [-0.2, 0) is 14.8 Å². The molecule has 0 aliphatic carbocycles. The molecule has 0 radical (unpaired) electrons. The van der Waals surface area contributed by atoms with Gasteiger partial charge in [-0.3, -0.25) is 9.59 Å². The molecule has 1 fully saturated rings. The monoisotopic (exact) mass is 407 g/mol. The van der Waals surface area contributed by atoms with Crippen molar-refractivity contribution in [3.05, 3.63) is 42.4 Å². The Morgan fingerprint density at radius 2 is 1.93 bits per heavy atom. The van der Waals surface area contributed by atoms with Gasteiger partial charge in [-0.25, -0.2) is 8.42 Å². The highest BCUT2D eigenvalue weighted by atomic mass is 32.2. The Labute approximate surface area is 162 Å². The van der Waals surface area contributed by atoms with Crippen LogP contribution in [0.1, 0.15) is 30.1 Å². The van der Waals surface area contributed by atoms with Crippen molar-refractivity contribution in [2.75, 3.05) is 18.4 Å². The van der Waals surface area contributed by atoms with Crippen molar-refractivity contribution in [1.82, 2.24) is 9.62 Å². The number of hydrogen-bond donors (Lipinski definition) is 3. The summed E-state index contributed by atoms with van der Waals surface area (Å²) in [6, 6.07) is 4.25. The van der Waals surface area contributed by atoms with E-state index in [9.17, 15) is 23.1 Å². The zero-order valence-electron chi connectivity index (χ0n) is 15.2. The maximum absolute atomic E-state index is 12.7. The Balaban J connectivity index is 1.72. The van der Waals surface area contributed by atoms with Gasteiger partial charge in [0.2, 0.25) is 15.9 Å². The first-order valence-electron chi connectivity index (χ1n) is 8.76. The lowest BCUT2D eigenvalue weighted by molar-refractivity contribution is -0.117. The molecule has 3 rings (SSSR count). The molecule has 1 aliphatic heterocycles. The lowest BCUT2D eigenvalue weighted by Gasteiger charge is -2.18. The van der Waals surface area contributed by atoms with Gasteiger partial charge in [-0.05, 0) is 44.0 Å². The van der Waals surface area contributed by atoms with Crippen LogP contribution in [0.2, 0.25) is 0 Å². The number of nitrogens with one attached hydrogen (secondary N) is 2. The van der Waals surface area contributed by atoms with Crippen LogP contribution in [0.4, 0.5) is 5.69 Å². The molecule has 1 saturated heterocycles. The number of phenols is 1. The lowest BCUT2D eigenvalue weighted by atomic mass is 10.2. The highest BCUT2D eigenvalue weighted by Gasteiger charge is 2.28. The van der Waals surface area contributed by atoms with Crippen molar-refractivity contribution in [3.8, 4) is 5.75 Å². The summed E-state index contributed by atoms with van der Waals surface area (Å²) in [6.07, 6.45) is 4.19. The van der Waals surface area contributed by atoms with Crippen molar-refractivity contribution in [2.45, 2.75) is 30.7 Å². The van der Waals surface area contributed by atoms with Gasteiger partial charge in [0.25, 0.3) is 5.91 Å². The molecule has 2 amide bonds. The van der Waals surface area contributed by atoms with E-state index in [0.29, 0.717) is 13.1 Å². The number of anilines is 1. The number of carbonyl (C=O) groups is 2. The van der Waals surface area contributed by atoms with E-state index in [1.54, 1.807) is 0 Å². The summed E-state index contributed by atoms with van der Waals surface area (Å²) in [5, 5.41) is 15.0. The molecule has 150 valence electrons. The standard InChI is InChI=1S/C18H21N3O6S/c1-12(19-18(24)13-6-9-27-11-13)17(23)20-15-10-14(4-5-16(15)22)28(25,26)21-7-2-3-8-21/h4-6,9-12,22H,2-3,7-8H2,1H3,(H,19,24)(H,20,23)/t12-/m1/s1. The van der Waals surface area contributed by atoms with Gasteiger partial charge in [0, 0.05) is 13.1 Å². The van der Waals surface area contributed by atoms with E-state index in [0.717, 1.165) is 12.8 Å². The molecule has 1 aromatic heterocycles. The van der Waals surface area contributed by atoms with Gasteiger partial charge >= 0.3 is 0 Å². The average Bonchev–Trinajstić information content (AvgIpc) is 3.37. The zero-order chi connectivity index (χ0) is 20.3. The highest BCUT2D eigenvalue weighted by molar-refractivity contribution is 7.89. The van der Waals surface area contributed by atoms with Crippen LogP contribution in [0.3, 0.4) is 0 Å². The fraction of sp³-hybridized carbons (Fsp3) is 0.333. The normalized spacial score (nSPS) is 15.9. The molecular weight excluding hydrogens is 386 g/mol. The van der Waals surface area contributed by atoms with Crippen LogP contribution in [0.25, 0.3) is 0 Å². The summed E-state index contributed by atoms with van der Waals surface area (Å²) in [6.45, 7) is 2.36. The molecule has 1 aromatic carbocycles. The molecule has 0 saturated carbocycles. The van der Waals surface area contributed by atoms with Crippen LogP contribution >= 0.6 is 0 Å². The number of sulfonamides is 1. The average molecular weight is 407 g/mol. The van der Waals surface area contributed by atoms with E-state index < -0.39 is 27.9 Å². The summed E-state index contributed by atoms with van der Waals surface area (Å²) in [5.74, 6) is -1.38. The summed E-state index contributed by atoms with van der Waals surface area (Å²) in [4.78, 5) is 24.3. The molecule has 1 aliphatic rings. The largest absolute Gasteiger partial charge is 0.506 e. The third-order valence-electron chi connectivity index (χ3n) is 4.45. The SMILES string of the molecule is C[C@@H](NC(=O)c1ccoc1)C(=O)Nc1cc(S(=O)(=O)N2CCCC2)ccc1O. The summed E-state index contributed by atoms with van der Waals surface area (Å²) >= 11 is 0. The number of aromatic hydroxyl groups is 1. The Bertz CT molecular complexity index is 965. The predicted octanol–water partition coefficient (Wildman–Crippen LogP) is 1.53. The van der Waals surface area contributed by atoms with Crippen LogP contribution in [-0.4, -0.2) is 48.8 Å². The summed E-state index contributed by atoms with van der Waals surface area (Å²) in [5.41, 5.74) is 0.218. The zero-order valence-corrected chi connectivity index (χ0v) is 16.0. The van der Waals surface area contributed by atoms with Crippen molar-refractivity contribution in [1.29, 1.82) is 0 Å². The maximum atomic E-state index is 12.7. The fourth-order valence-electron chi connectivity index (χ4n) is 2.83. The van der Waals surface area contributed by atoms with Crippen LogP contribution in [0.15, 0.2) is 46.1 Å². The summed E-state index contributed by atoms with van der Waals surface area (Å²) in [7, 11) is -3.69. The van der Waals surface area contributed by atoms with Gasteiger partial charge in [0.1, 0.15) is 18.1 Å². The van der Waals surface area contributed by atoms with Crippen molar-refractivity contribution in [2.24, 2.45) is 0 Å². The third-order valence-corrected chi connectivity index (χ3v) is 6.35. The number of phenolic OH excluding ortho intramolecular Hbond substituents is 1. The molecule has 2 aromatic rings. The molecule has 0 bridgehead atoms. The van der Waals surface area contributed by atoms with Gasteiger partial charge < -0.3 is 20.2 Å². The van der Waals surface area contributed by atoms with E-state index in [2.05, 4.69) is 10.6 Å². The Kier molecular flexibility index (Phi) is 5.71. The minimum atomic E-state index is -3.69. The van der Waals surface area contributed by atoms with Gasteiger partial charge in [-0.15, -0.1) is 0 Å². The molecule has 9 nitrogen and oxygen atoms in total. The Morgan fingerprint density at radius 3 is 2.57 bits per heavy atom. The number of benzene rings is 1. The van der Waals surface area contributed by atoms with Crippen molar-refractivity contribution in [3.63, 3.8) is 0 Å². The second-order valence-corrected chi connectivity index (χ2v) is 8.42. The lowest BCUT2D eigenvalue weighted by Crippen LogP contribution is -2.41. The number of nitrogens with zero attached hydrogens (tertiary/aromatic N) is 1. The first kappa shape index (κ1) is 19.9. The second-order valence-electron chi connectivity index (χ2n) is 6.49. The molecule has 2 heterocycles. The summed E-state index contributed by atoms with van der Waals surface area (Å²) < 4.78 is 31.5. The van der Waals surface area contributed by atoms with E-state index in [1.807, 2.05) is 0 Å². The van der Waals surface area contributed by atoms with Gasteiger partial charge in [-0.2, -0.15) is 4.31 Å². The van der Waals surface area contributed by atoms with Gasteiger partial charge in [-0.1, -0.05) is 0 Å². The quantitative estimate of drug-likeness (QED) is 0.623. The van der Waals surface area contributed by atoms with E-state index in [-0.39, 0.29) is 21.9 Å². The minimum Gasteiger partial charge on any atom is -0.506 e. The smallest absolute Gasteiger partial charge is 0.255 e. The number of rotatable bonds is 6. The third kappa shape index (κ3) is 4.18. The Morgan fingerprint density at radius 1 is 1.21 bits per heavy atom. The van der Waals surface area contributed by atoms with Crippen molar-refractivity contribution < 1.29 is 27.5 Å². The second kappa shape index (κ2) is 8.03. The predicted molar refractivity (Wildman–Crippen MR) is 100 cm³/mol. The molecule has 10 heteroatoms. The molecule has 28 heavy (non-hydrogen) atoms. The van der Waals surface area contributed by atoms with Crippen molar-refractivity contribution >= 4 is 27.5 Å². The first-order valence-corrected chi connectivity index (χ1v) is 10.2. The number of amides is 2. The number of furan rings is 1. The van der Waals surface area contributed by atoms with Gasteiger partial charge in [0.05, 0.1) is 22.4 Å². The Hall–Kier alpha value is -2.85. The molecule has 0 spiro atoms. The van der Waals surface area contributed by atoms with Crippen LogP contribution < -0.4 is 10.6 Å². The molecule has 0 unspecified atom stereocenters. The molecule has 1 atom stereocenters. The van der Waals surface area contributed by atoms with Crippen LogP contribution in [0.5, 0.6) is 5.75 Å². The number of hydrogen-bond acceptors (Lipinski definition) is 6. The van der Waals surface area contributed by atoms with E-state index in [4.69, 9.17) is 4.42 Å². The van der Waals surface area contributed by atoms with Crippen LogP contribution in [0, 0.1) is 0 Å². The molecular formula is C18H21N3O6S. The minimum absolute atomic E-state index is 0.0161. The number of carbonyl (C=O) groups excluding carboxylic acids is 2. The maximum Gasteiger partial charge on any atom is 0.255 e. The fourth-order valence-corrected chi connectivity index (χ4v) is 4.38.